The zero-order chi connectivity index (χ0) is 16.8. The van der Waals surface area contributed by atoms with Crippen LogP contribution in [-0.4, -0.2) is 28.6 Å². The van der Waals surface area contributed by atoms with Crippen molar-refractivity contribution in [3.63, 3.8) is 0 Å². The van der Waals surface area contributed by atoms with Gasteiger partial charge in [0, 0.05) is 10.4 Å². The van der Waals surface area contributed by atoms with Gasteiger partial charge in [-0.05, 0) is 52.5 Å². The molecule has 0 bridgehead atoms. The Bertz CT molecular complexity index is 765. The van der Waals surface area contributed by atoms with E-state index >= 15 is 0 Å². The Morgan fingerprint density at radius 2 is 2.00 bits per heavy atom. The molecule has 6 heteroatoms. The van der Waals surface area contributed by atoms with Gasteiger partial charge in [-0.15, -0.1) is 11.3 Å². The summed E-state index contributed by atoms with van der Waals surface area (Å²) in [5, 5.41) is 4.61. The summed E-state index contributed by atoms with van der Waals surface area (Å²) in [6.45, 7) is 7.79. The van der Waals surface area contributed by atoms with Crippen LogP contribution in [0.5, 0.6) is 0 Å². The lowest BCUT2D eigenvalue weighted by Gasteiger charge is -2.40. The van der Waals surface area contributed by atoms with Crippen LogP contribution >= 0.6 is 11.3 Å². The molecule has 0 spiro atoms. The van der Waals surface area contributed by atoms with Gasteiger partial charge in [-0.25, -0.2) is 9.97 Å². The molecule has 0 unspecified atom stereocenters. The van der Waals surface area contributed by atoms with E-state index in [2.05, 4.69) is 15.3 Å². The average Bonchev–Trinajstić information content (AvgIpc) is 3.06. The number of esters is 1. The second kappa shape index (κ2) is 5.44. The summed E-state index contributed by atoms with van der Waals surface area (Å²) < 4.78 is 4.98. The first-order valence-corrected chi connectivity index (χ1v) is 8.71. The zero-order valence-electron chi connectivity index (χ0n) is 14.3. The van der Waals surface area contributed by atoms with Gasteiger partial charge in [-0.1, -0.05) is 0 Å². The Kier molecular flexibility index (Phi) is 3.83. The van der Waals surface area contributed by atoms with Crippen LogP contribution in [0.15, 0.2) is 6.33 Å². The van der Waals surface area contributed by atoms with Gasteiger partial charge < -0.3 is 10.1 Å². The molecule has 0 amide bonds. The molecule has 3 rings (SSSR count). The van der Waals surface area contributed by atoms with E-state index in [1.807, 2.05) is 27.7 Å². The van der Waals surface area contributed by atoms with Crippen molar-refractivity contribution < 1.29 is 9.53 Å². The number of nitrogens with one attached hydrogen (secondary N) is 1. The molecule has 5 nitrogen and oxygen atoms in total. The Morgan fingerprint density at radius 3 is 2.70 bits per heavy atom. The highest BCUT2D eigenvalue weighted by Crippen LogP contribution is 2.41. The zero-order valence-corrected chi connectivity index (χ0v) is 15.1. The van der Waals surface area contributed by atoms with Gasteiger partial charge in [0.15, 0.2) is 0 Å². The third kappa shape index (κ3) is 2.49. The standard InChI is InChI=1S/C17H23N3O2S/c1-16(2,15(21)22-5)17(3,4)20-13-12-10-7-6-8-11(10)23-14(12)19-9-18-13/h9H,6-8H2,1-5H3,(H,18,19,20). The smallest absolute Gasteiger partial charge is 0.313 e. The number of aromatic nitrogens is 2. The predicted molar refractivity (Wildman–Crippen MR) is 92.9 cm³/mol. The fraction of sp³-hybridized carbons (Fsp3) is 0.588. The largest absolute Gasteiger partial charge is 0.469 e. The average molecular weight is 333 g/mol. The number of aryl methyl sites for hydroxylation is 2. The molecule has 0 radical (unpaired) electrons. The van der Waals surface area contributed by atoms with E-state index in [0.29, 0.717) is 0 Å². The molecule has 2 heterocycles. The lowest BCUT2D eigenvalue weighted by atomic mass is 9.74. The van der Waals surface area contributed by atoms with Crippen LogP contribution < -0.4 is 5.32 Å². The van der Waals surface area contributed by atoms with E-state index in [-0.39, 0.29) is 5.97 Å². The van der Waals surface area contributed by atoms with Gasteiger partial charge in [0.2, 0.25) is 0 Å². The van der Waals surface area contributed by atoms with Gasteiger partial charge in [-0.3, -0.25) is 4.79 Å². The van der Waals surface area contributed by atoms with Crippen molar-refractivity contribution >= 4 is 33.3 Å². The number of thiophene rings is 1. The van der Waals surface area contributed by atoms with Crippen LogP contribution in [0.3, 0.4) is 0 Å². The maximum Gasteiger partial charge on any atom is 0.313 e. The molecule has 0 saturated heterocycles. The van der Waals surface area contributed by atoms with E-state index in [9.17, 15) is 4.79 Å². The number of carbonyl (C=O) groups excluding carboxylic acids is 1. The quantitative estimate of drug-likeness (QED) is 0.867. The van der Waals surface area contributed by atoms with Crippen molar-refractivity contribution in [3.8, 4) is 0 Å². The molecule has 2 aromatic heterocycles. The summed E-state index contributed by atoms with van der Waals surface area (Å²) in [6, 6.07) is 0. The number of carbonyl (C=O) groups is 1. The molecular weight excluding hydrogens is 310 g/mol. The predicted octanol–water partition coefficient (Wildman–Crippen LogP) is 3.57. The van der Waals surface area contributed by atoms with Gasteiger partial charge >= 0.3 is 5.97 Å². The van der Waals surface area contributed by atoms with E-state index in [0.717, 1.165) is 28.9 Å². The molecule has 2 aromatic rings. The molecule has 1 aliphatic rings. The van der Waals surface area contributed by atoms with Crippen molar-refractivity contribution in [1.82, 2.24) is 9.97 Å². The Morgan fingerprint density at radius 1 is 1.26 bits per heavy atom. The SMILES string of the molecule is COC(=O)C(C)(C)C(C)(C)Nc1ncnc2sc3c(c12)CCC3. The lowest BCUT2D eigenvalue weighted by molar-refractivity contribution is -0.153. The number of anilines is 1. The van der Waals surface area contributed by atoms with Crippen LogP contribution in [0.25, 0.3) is 10.2 Å². The van der Waals surface area contributed by atoms with Gasteiger partial charge in [0.05, 0.1) is 17.9 Å². The monoisotopic (exact) mass is 333 g/mol. The molecule has 1 N–H and O–H groups in total. The molecular formula is C17H23N3O2S. The van der Waals surface area contributed by atoms with Crippen molar-refractivity contribution in [2.75, 3.05) is 12.4 Å². The first kappa shape index (κ1) is 16.2. The van der Waals surface area contributed by atoms with Gasteiger partial charge in [0.1, 0.15) is 17.0 Å². The number of ether oxygens (including phenoxy) is 1. The third-order valence-electron chi connectivity index (χ3n) is 5.19. The van der Waals surface area contributed by atoms with Crippen molar-refractivity contribution in [1.29, 1.82) is 0 Å². The topological polar surface area (TPSA) is 64.1 Å². The number of rotatable bonds is 4. The molecule has 0 aliphatic heterocycles. The summed E-state index contributed by atoms with van der Waals surface area (Å²) in [7, 11) is 1.43. The summed E-state index contributed by atoms with van der Waals surface area (Å²) in [4.78, 5) is 23.5. The molecule has 0 saturated carbocycles. The molecule has 23 heavy (non-hydrogen) atoms. The first-order chi connectivity index (χ1) is 10.8. The summed E-state index contributed by atoms with van der Waals surface area (Å²) >= 11 is 1.76. The van der Waals surface area contributed by atoms with E-state index in [1.165, 1.54) is 24.0 Å². The maximum absolute atomic E-state index is 12.2. The van der Waals surface area contributed by atoms with Crippen LogP contribution in [-0.2, 0) is 22.4 Å². The van der Waals surface area contributed by atoms with Crippen molar-refractivity contribution in [2.45, 2.75) is 52.5 Å². The van der Waals surface area contributed by atoms with Crippen LogP contribution in [0.1, 0.15) is 44.6 Å². The first-order valence-electron chi connectivity index (χ1n) is 7.90. The molecule has 0 fully saturated rings. The van der Waals surface area contributed by atoms with Crippen molar-refractivity contribution in [2.24, 2.45) is 5.41 Å². The van der Waals surface area contributed by atoms with Crippen molar-refractivity contribution in [3.05, 3.63) is 16.8 Å². The normalized spacial score (nSPS) is 14.8. The molecule has 124 valence electrons. The highest BCUT2D eigenvalue weighted by atomic mass is 32.1. The van der Waals surface area contributed by atoms with Crippen LogP contribution in [0.4, 0.5) is 5.82 Å². The van der Waals surface area contributed by atoms with E-state index in [1.54, 1.807) is 17.7 Å². The maximum atomic E-state index is 12.2. The fourth-order valence-corrected chi connectivity index (χ4v) is 4.21. The minimum Gasteiger partial charge on any atom is -0.469 e. The summed E-state index contributed by atoms with van der Waals surface area (Å²) in [6.07, 6.45) is 5.01. The Balaban J connectivity index is 2.03. The third-order valence-corrected chi connectivity index (χ3v) is 6.39. The molecule has 1 aliphatic carbocycles. The second-order valence-corrected chi connectivity index (χ2v) is 8.21. The van der Waals surface area contributed by atoms with Gasteiger partial charge in [-0.2, -0.15) is 0 Å². The molecule has 0 aromatic carbocycles. The van der Waals surface area contributed by atoms with E-state index in [4.69, 9.17) is 4.74 Å². The lowest BCUT2D eigenvalue weighted by Crippen LogP contribution is -2.51. The minimum atomic E-state index is -0.696. The fourth-order valence-electron chi connectivity index (χ4n) is 2.99. The Hall–Kier alpha value is -1.69. The highest BCUT2D eigenvalue weighted by molar-refractivity contribution is 7.19. The summed E-state index contributed by atoms with van der Waals surface area (Å²) in [5.41, 5.74) is 0.160. The van der Waals surface area contributed by atoms with Crippen LogP contribution in [0.2, 0.25) is 0 Å². The Labute approximate surface area is 140 Å². The second-order valence-electron chi connectivity index (χ2n) is 7.13. The number of methoxy groups -OCH3 is 1. The number of fused-ring (bicyclic) bond motifs is 3. The minimum absolute atomic E-state index is 0.240. The van der Waals surface area contributed by atoms with E-state index < -0.39 is 11.0 Å². The number of hydrogen-bond donors (Lipinski definition) is 1. The van der Waals surface area contributed by atoms with Crippen LogP contribution in [0, 0.1) is 5.41 Å². The molecule has 0 atom stereocenters. The summed E-state index contributed by atoms with van der Waals surface area (Å²) in [5.74, 6) is 0.576. The number of nitrogens with zero attached hydrogens (tertiary/aromatic N) is 2. The highest BCUT2D eigenvalue weighted by Gasteiger charge is 2.45. The van der Waals surface area contributed by atoms with Gasteiger partial charge in [0.25, 0.3) is 0 Å². The number of hydrogen-bond acceptors (Lipinski definition) is 6.